The van der Waals surface area contributed by atoms with Crippen molar-refractivity contribution in [3.8, 4) is 0 Å². The Balaban J connectivity index is 2.29. The molecule has 1 heterocycles. The standard InChI is InChI=1S/C17H29NOS/c1-4-12-18-16(15-14(3)9-13-20-15)17(19-5-2)10-7-6-8-11-17/h9,13,16,18H,4-8,10-12H2,1-3H3. The van der Waals surface area contributed by atoms with Gasteiger partial charge in [-0.2, -0.15) is 0 Å². The number of rotatable bonds is 7. The van der Waals surface area contributed by atoms with E-state index >= 15 is 0 Å². The molecule has 2 rings (SSSR count). The summed E-state index contributed by atoms with van der Waals surface area (Å²) in [7, 11) is 0. The quantitative estimate of drug-likeness (QED) is 0.777. The molecule has 1 aliphatic carbocycles. The first-order chi connectivity index (χ1) is 9.73. The van der Waals surface area contributed by atoms with Gasteiger partial charge in [-0.3, -0.25) is 0 Å². The van der Waals surface area contributed by atoms with Crippen LogP contribution in [0.4, 0.5) is 0 Å². The first-order valence-corrected chi connectivity index (χ1v) is 9.03. The van der Waals surface area contributed by atoms with Crippen LogP contribution in [-0.4, -0.2) is 18.8 Å². The van der Waals surface area contributed by atoms with Gasteiger partial charge in [0.1, 0.15) is 0 Å². The molecule has 1 saturated carbocycles. The van der Waals surface area contributed by atoms with Crippen molar-refractivity contribution in [2.45, 2.75) is 70.9 Å². The third kappa shape index (κ3) is 3.44. The molecular weight excluding hydrogens is 266 g/mol. The lowest BCUT2D eigenvalue weighted by atomic mass is 9.78. The molecule has 1 N–H and O–H groups in total. The fourth-order valence-electron chi connectivity index (χ4n) is 3.44. The summed E-state index contributed by atoms with van der Waals surface area (Å²) in [4.78, 5) is 1.48. The van der Waals surface area contributed by atoms with Crippen molar-refractivity contribution in [3.05, 3.63) is 21.9 Å². The van der Waals surface area contributed by atoms with Crippen molar-refractivity contribution in [3.63, 3.8) is 0 Å². The molecule has 1 fully saturated rings. The van der Waals surface area contributed by atoms with E-state index < -0.39 is 0 Å². The molecule has 1 aromatic rings. The normalized spacial score (nSPS) is 19.9. The molecular formula is C17H29NOS. The Kier molecular flexibility index (Phi) is 6.06. The summed E-state index contributed by atoms with van der Waals surface area (Å²) in [6.45, 7) is 8.48. The predicted octanol–water partition coefficient (Wildman–Crippen LogP) is 4.84. The summed E-state index contributed by atoms with van der Waals surface area (Å²) in [5, 5.41) is 6.01. The van der Waals surface area contributed by atoms with Crippen molar-refractivity contribution < 1.29 is 4.74 Å². The van der Waals surface area contributed by atoms with Gasteiger partial charge in [-0.25, -0.2) is 0 Å². The van der Waals surface area contributed by atoms with E-state index in [1.807, 2.05) is 11.3 Å². The zero-order valence-electron chi connectivity index (χ0n) is 13.2. The molecule has 0 bridgehead atoms. The average molecular weight is 295 g/mol. The van der Waals surface area contributed by atoms with Gasteiger partial charge in [0.2, 0.25) is 0 Å². The van der Waals surface area contributed by atoms with Gasteiger partial charge in [-0.15, -0.1) is 11.3 Å². The number of nitrogens with one attached hydrogen (secondary N) is 1. The van der Waals surface area contributed by atoms with Crippen LogP contribution in [0.5, 0.6) is 0 Å². The Labute approximate surface area is 127 Å². The van der Waals surface area contributed by atoms with Gasteiger partial charge >= 0.3 is 0 Å². The smallest absolute Gasteiger partial charge is 0.0884 e. The van der Waals surface area contributed by atoms with E-state index in [0.29, 0.717) is 6.04 Å². The average Bonchev–Trinajstić information content (AvgIpc) is 2.87. The lowest BCUT2D eigenvalue weighted by Crippen LogP contribution is -2.47. The molecule has 0 saturated heterocycles. The number of ether oxygens (including phenoxy) is 1. The Morgan fingerprint density at radius 2 is 2.05 bits per heavy atom. The van der Waals surface area contributed by atoms with E-state index in [1.165, 1.54) is 49.0 Å². The van der Waals surface area contributed by atoms with Crippen molar-refractivity contribution in [1.29, 1.82) is 0 Å². The SMILES string of the molecule is CCCNC(c1sccc1C)C1(OCC)CCCCC1. The molecule has 0 spiro atoms. The lowest BCUT2D eigenvalue weighted by Gasteiger charge is -2.43. The maximum atomic E-state index is 6.35. The Morgan fingerprint density at radius 3 is 2.60 bits per heavy atom. The second-order valence-corrected chi connectivity index (χ2v) is 6.86. The van der Waals surface area contributed by atoms with Gasteiger partial charge < -0.3 is 10.1 Å². The van der Waals surface area contributed by atoms with Gasteiger partial charge in [0.15, 0.2) is 0 Å². The van der Waals surface area contributed by atoms with E-state index in [-0.39, 0.29) is 5.60 Å². The minimum Gasteiger partial charge on any atom is -0.373 e. The molecule has 0 radical (unpaired) electrons. The lowest BCUT2D eigenvalue weighted by molar-refractivity contribution is -0.0905. The fourth-order valence-corrected chi connectivity index (χ4v) is 4.55. The first kappa shape index (κ1) is 16.0. The van der Waals surface area contributed by atoms with Crippen LogP contribution in [0, 0.1) is 6.92 Å². The van der Waals surface area contributed by atoms with Gasteiger partial charge in [-0.05, 0) is 56.7 Å². The number of hydrogen-bond donors (Lipinski definition) is 1. The molecule has 1 unspecified atom stereocenters. The molecule has 1 aliphatic rings. The van der Waals surface area contributed by atoms with Crippen LogP contribution < -0.4 is 5.32 Å². The molecule has 0 aliphatic heterocycles. The Bertz CT molecular complexity index is 390. The number of hydrogen-bond acceptors (Lipinski definition) is 3. The maximum absolute atomic E-state index is 6.35. The van der Waals surface area contributed by atoms with Crippen LogP contribution in [0.25, 0.3) is 0 Å². The molecule has 114 valence electrons. The molecule has 1 aromatic heterocycles. The highest BCUT2D eigenvalue weighted by Crippen LogP contribution is 2.43. The molecule has 0 amide bonds. The fraction of sp³-hybridized carbons (Fsp3) is 0.765. The van der Waals surface area contributed by atoms with Crippen LogP contribution in [0.2, 0.25) is 0 Å². The van der Waals surface area contributed by atoms with E-state index in [9.17, 15) is 0 Å². The van der Waals surface area contributed by atoms with E-state index in [1.54, 1.807) is 0 Å². The van der Waals surface area contributed by atoms with Crippen LogP contribution in [-0.2, 0) is 4.74 Å². The van der Waals surface area contributed by atoms with Crippen molar-refractivity contribution in [2.75, 3.05) is 13.2 Å². The van der Waals surface area contributed by atoms with Gasteiger partial charge in [0.05, 0.1) is 11.6 Å². The summed E-state index contributed by atoms with van der Waals surface area (Å²) in [5.41, 5.74) is 1.42. The highest BCUT2D eigenvalue weighted by Gasteiger charge is 2.42. The third-order valence-corrected chi connectivity index (χ3v) is 5.50. The number of aryl methyl sites for hydroxylation is 1. The summed E-state index contributed by atoms with van der Waals surface area (Å²) in [6.07, 6.45) is 7.52. The zero-order chi connectivity index (χ0) is 14.4. The van der Waals surface area contributed by atoms with Crippen LogP contribution in [0.15, 0.2) is 11.4 Å². The Morgan fingerprint density at radius 1 is 1.30 bits per heavy atom. The van der Waals surface area contributed by atoms with Gasteiger partial charge in [0, 0.05) is 11.5 Å². The minimum absolute atomic E-state index is 0.0117. The maximum Gasteiger partial charge on any atom is 0.0884 e. The molecule has 3 heteroatoms. The van der Waals surface area contributed by atoms with Crippen LogP contribution in [0.1, 0.15) is 68.9 Å². The third-order valence-electron chi connectivity index (χ3n) is 4.42. The van der Waals surface area contributed by atoms with E-state index in [2.05, 4.69) is 37.5 Å². The monoisotopic (exact) mass is 295 g/mol. The summed E-state index contributed by atoms with van der Waals surface area (Å²) in [6, 6.07) is 2.60. The highest BCUT2D eigenvalue weighted by atomic mass is 32.1. The highest BCUT2D eigenvalue weighted by molar-refractivity contribution is 7.10. The molecule has 2 nitrogen and oxygen atoms in total. The second kappa shape index (κ2) is 7.58. The summed E-state index contributed by atoms with van der Waals surface area (Å²) >= 11 is 1.88. The molecule has 1 atom stereocenters. The molecule has 20 heavy (non-hydrogen) atoms. The summed E-state index contributed by atoms with van der Waals surface area (Å²) in [5.74, 6) is 0. The van der Waals surface area contributed by atoms with Crippen molar-refractivity contribution in [2.24, 2.45) is 0 Å². The predicted molar refractivity (Wildman–Crippen MR) is 87.5 cm³/mol. The van der Waals surface area contributed by atoms with E-state index in [4.69, 9.17) is 4.74 Å². The van der Waals surface area contributed by atoms with Crippen molar-refractivity contribution >= 4 is 11.3 Å². The van der Waals surface area contributed by atoms with Gasteiger partial charge in [-0.1, -0.05) is 26.2 Å². The van der Waals surface area contributed by atoms with E-state index in [0.717, 1.165) is 13.2 Å². The largest absolute Gasteiger partial charge is 0.373 e. The molecule has 0 aromatic carbocycles. The van der Waals surface area contributed by atoms with Crippen LogP contribution >= 0.6 is 11.3 Å². The topological polar surface area (TPSA) is 21.3 Å². The second-order valence-electron chi connectivity index (χ2n) is 5.91. The zero-order valence-corrected chi connectivity index (χ0v) is 14.0. The minimum atomic E-state index is 0.0117. The Hall–Kier alpha value is -0.380. The van der Waals surface area contributed by atoms with Crippen molar-refractivity contribution in [1.82, 2.24) is 5.32 Å². The van der Waals surface area contributed by atoms with Gasteiger partial charge in [0.25, 0.3) is 0 Å². The first-order valence-electron chi connectivity index (χ1n) is 8.15. The summed E-state index contributed by atoms with van der Waals surface area (Å²) < 4.78 is 6.35. The van der Waals surface area contributed by atoms with Crippen LogP contribution in [0.3, 0.4) is 0 Å². The number of thiophene rings is 1.